The summed E-state index contributed by atoms with van der Waals surface area (Å²) in [6.45, 7) is 0. The van der Waals surface area contributed by atoms with Crippen LogP contribution in [0.1, 0.15) is 37.3 Å². The van der Waals surface area contributed by atoms with E-state index in [9.17, 15) is 4.79 Å². The third-order valence-corrected chi connectivity index (χ3v) is 7.27. The van der Waals surface area contributed by atoms with Crippen LogP contribution in [0.15, 0.2) is 71.5 Å². The maximum absolute atomic E-state index is 12.5. The Morgan fingerprint density at radius 3 is 2.44 bits per heavy atom. The largest absolute Gasteiger partial charge is 0.268 e. The van der Waals surface area contributed by atoms with E-state index in [-0.39, 0.29) is 15.0 Å². The van der Waals surface area contributed by atoms with Gasteiger partial charge in [-0.2, -0.15) is 5.10 Å². The summed E-state index contributed by atoms with van der Waals surface area (Å²) in [5.41, 5.74) is 3.12. The summed E-state index contributed by atoms with van der Waals surface area (Å²) < 4.78 is 1.76. The van der Waals surface area contributed by atoms with E-state index in [0.29, 0.717) is 0 Å². The molecule has 0 atom stereocenters. The molecule has 1 aliphatic carbocycles. The molecule has 138 valence electrons. The summed E-state index contributed by atoms with van der Waals surface area (Å²) in [5.74, 6) is 0. The number of benzene rings is 2. The van der Waals surface area contributed by atoms with Crippen molar-refractivity contribution in [1.29, 1.82) is 0 Å². The molecule has 0 N–H and O–H groups in total. The summed E-state index contributed by atoms with van der Waals surface area (Å²) in [5, 5.41) is 5.46. The predicted molar refractivity (Wildman–Crippen MR) is 119 cm³/mol. The minimum absolute atomic E-state index is 0.0246. The van der Waals surface area contributed by atoms with Crippen molar-refractivity contribution in [2.45, 2.75) is 35.1 Å². The van der Waals surface area contributed by atoms with Gasteiger partial charge in [-0.05, 0) is 49.4 Å². The van der Waals surface area contributed by atoms with E-state index in [1.807, 2.05) is 48.5 Å². The topological polar surface area (TPSA) is 34.9 Å². The van der Waals surface area contributed by atoms with Crippen LogP contribution in [0.5, 0.6) is 0 Å². The molecule has 0 amide bonds. The maximum Gasteiger partial charge on any atom is 0.267 e. The second-order valence-corrected chi connectivity index (χ2v) is 9.58. The lowest BCUT2D eigenvalue weighted by molar-refractivity contribution is 0.287. The first-order chi connectivity index (χ1) is 13.0. The number of alkyl halides is 1. The molecule has 0 radical (unpaired) electrons. The molecule has 1 fully saturated rings. The van der Waals surface area contributed by atoms with E-state index in [1.165, 1.54) is 5.56 Å². The van der Waals surface area contributed by atoms with Gasteiger partial charge in [0.05, 0.1) is 11.7 Å². The van der Waals surface area contributed by atoms with Crippen LogP contribution in [0.3, 0.4) is 0 Å². The van der Waals surface area contributed by atoms with Crippen molar-refractivity contribution < 1.29 is 0 Å². The molecule has 2 aromatic carbocycles. The number of hydrogen-bond acceptors (Lipinski definition) is 2. The Balaban J connectivity index is 1.57. The predicted octanol–water partition coefficient (Wildman–Crippen LogP) is 6.01. The highest BCUT2D eigenvalue weighted by atomic mass is 127. The van der Waals surface area contributed by atoms with Gasteiger partial charge in [-0.15, -0.1) is 0 Å². The standard InChI is InChI=1S/C22H20ClIN2O/c23-18-8-4-7-17(15-18)22(24)13-11-19(12-14-22)26-21(27)10-9-20(25-26)16-5-2-1-3-6-16/h1-10,15,19H,11-14H2/t19-,22+. The first kappa shape index (κ1) is 18.7. The fourth-order valence-corrected chi connectivity index (χ4v) is 4.96. The Hall–Kier alpha value is -1.66. The lowest BCUT2D eigenvalue weighted by atomic mass is 9.81. The lowest BCUT2D eigenvalue weighted by Crippen LogP contribution is -2.33. The van der Waals surface area contributed by atoms with E-state index in [2.05, 4.69) is 39.8 Å². The van der Waals surface area contributed by atoms with Crippen molar-refractivity contribution in [3.8, 4) is 11.3 Å². The second-order valence-electron chi connectivity index (χ2n) is 7.07. The normalized spacial score (nSPS) is 22.5. The molecule has 27 heavy (non-hydrogen) atoms. The van der Waals surface area contributed by atoms with Crippen LogP contribution in [0.25, 0.3) is 11.3 Å². The number of nitrogens with zero attached hydrogens (tertiary/aromatic N) is 2. The van der Waals surface area contributed by atoms with Gasteiger partial charge in [-0.25, -0.2) is 4.68 Å². The highest BCUT2D eigenvalue weighted by molar-refractivity contribution is 14.1. The molecular weight excluding hydrogens is 471 g/mol. The highest BCUT2D eigenvalue weighted by Gasteiger charge is 2.35. The molecule has 1 aromatic heterocycles. The van der Waals surface area contributed by atoms with Gasteiger partial charge in [-0.1, -0.05) is 76.7 Å². The number of rotatable bonds is 3. The molecule has 0 bridgehead atoms. The lowest BCUT2D eigenvalue weighted by Gasteiger charge is -2.36. The quantitative estimate of drug-likeness (QED) is 0.333. The van der Waals surface area contributed by atoms with Gasteiger partial charge in [0.15, 0.2) is 0 Å². The molecule has 4 rings (SSSR count). The number of aromatic nitrogens is 2. The Labute approximate surface area is 177 Å². The Kier molecular flexibility index (Phi) is 5.37. The maximum atomic E-state index is 12.5. The fourth-order valence-electron chi connectivity index (χ4n) is 3.81. The van der Waals surface area contributed by atoms with E-state index >= 15 is 0 Å². The molecule has 0 spiro atoms. The first-order valence-corrected chi connectivity index (χ1v) is 10.6. The Bertz CT molecular complexity index is 994. The Morgan fingerprint density at radius 2 is 1.74 bits per heavy atom. The minimum Gasteiger partial charge on any atom is -0.268 e. The molecule has 0 aliphatic heterocycles. The van der Waals surface area contributed by atoms with Crippen LogP contribution in [0, 0.1) is 0 Å². The van der Waals surface area contributed by atoms with Crippen LogP contribution in [0.4, 0.5) is 0 Å². The van der Waals surface area contributed by atoms with Crippen molar-refractivity contribution in [3.63, 3.8) is 0 Å². The van der Waals surface area contributed by atoms with Gasteiger partial charge in [0.1, 0.15) is 0 Å². The molecule has 5 heteroatoms. The molecule has 0 saturated heterocycles. The smallest absolute Gasteiger partial charge is 0.267 e. The van der Waals surface area contributed by atoms with Crippen molar-refractivity contribution in [1.82, 2.24) is 9.78 Å². The van der Waals surface area contributed by atoms with Crippen LogP contribution >= 0.6 is 34.2 Å². The number of halogens is 2. The summed E-state index contributed by atoms with van der Waals surface area (Å²) in [6.07, 6.45) is 3.87. The molecule has 1 saturated carbocycles. The van der Waals surface area contributed by atoms with E-state index < -0.39 is 0 Å². The fraction of sp³-hybridized carbons (Fsp3) is 0.273. The zero-order valence-corrected chi connectivity index (χ0v) is 17.7. The van der Waals surface area contributed by atoms with Crippen molar-refractivity contribution >= 4 is 34.2 Å². The summed E-state index contributed by atoms with van der Waals surface area (Å²) in [6, 6.07) is 21.7. The van der Waals surface area contributed by atoms with Gasteiger partial charge < -0.3 is 0 Å². The molecule has 1 heterocycles. The first-order valence-electron chi connectivity index (χ1n) is 9.15. The van der Waals surface area contributed by atoms with Crippen molar-refractivity contribution in [2.75, 3.05) is 0 Å². The van der Waals surface area contributed by atoms with Crippen molar-refractivity contribution in [2.24, 2.45) is 0 Å². The average Bonchev–Trinajstić information content (AvgIpc) is 2.70. The summed E-state index contributed by atoms with van der Waals surface area (Å²) in [7, 11) is 0. The summed E-state index contributed by atoms with van der Waals surface area (Å²) >= 11 is 8.75. The molecule has 3 aromatic rings. The van der Waals surface area contributed by atoms with Crippen LogP contribution in [-0.4, -0.2) is 9.78 Å². The zero-order chi connectivity index (χ0) is 18.9. The van der Waals surface area contributed by atoms with E-state index in [4.69, 9.17) is 11.6 Å². The van der Waals surface area contributed by atoms with Gasteiger partial charge in [0, 0.05) is 20.1 Å². The van der Waals surface area contributed by atoms with Crippen LogP contribution < -0.4 is 5.56 Å². The van der Waals surface area contributed by atoms with Crippen LogP contribution in [0.2, 0.25) is 5.02 Å². The van der Waals surface area contributed by atoms with E-state index in [1.54, 1.807) is 10.7 Å². The minimum atomic E-state index is -0.0246. The highest BCUT2D eigenvalue weighted by Crippen LogP contribution is 2.48. The molecular formula is C22H20ClIN2O. The molecule has 1 aliphatic rings. The van der Waals surface area contributed by atoms with Gasteiger partial charge in [-0.3, -0.25) is 4.79 Å². The molecule has 3 nitrogen and oxygen atoms in total. The third kappa shape index (κ3) is 3.97. The monoisotopic (exact) mass is 490 g/mol. The zero-order valence-electron chi connectivity index (χ0n) is 14.8. The Morgan fingerprint density at radius 1 is 1.00 bits per heavy atom. The van der Waals surface area contributed by atoms with E-state index in [0.717, 1.165) is 42.0 Å². The third-order valence-electron chi connectivity index (χ3n) is 5.33. The molecule has 0 unspecified atom stereocenters. The van der Waals surface area contributed by atoms with Crippen LogP contribution in [-0.2, 0) is 3.42 Å². The van der Waals surface area contributed by atoms with Gasteiger partial charge in [0.2, 0.25) is 0 Å². The van der Waals surface area contributed by atoms with Gasteiger partial charge >= 0.3 is 0 Å². The second kappa shape index (κ2) is 7.76. The number of hydrogen-bond donors (Lipinski definition) is 0. The SMILES string of the molecule is O=c1ccc(-c2ccccc2)nn1[C@H]1CC[C@](I)(c2cccc(Cl)c2)CC1. The van der Waals surface area contributed by atoms with Crippen molar-refractivity contribution in [3.05, 3.63) is 87.7 Å². The summed E-state index contributed by atoms with van der Waals surface area (Å²) in [4.78, 5) is 12.5. The van der Waals surface area contributed by atoms with Gasteiger partial charge in [0.25, 0.3) is 5.56 Å². The average molecular weight is 491 g/mol.